The number of hydrogen-bond donors (Lipinski definition) is 0. The number of rotatable bonds is 7. The molecule has 0 saturated carbocycles. The highest BCUT2D eigenvalue weighted by atomic mass is 35.5. The van der Waals surface area contributed by atoms with Crippen LogP contribution in [0.5, 0.6) is 11.5 Å². The lowest BCUT2D eigenvalue weighted by molar-refractivity contribution is -0.131. The number of halogens is 1. The van der Waals surface area contributed by atoms with Gasteiger partial charge in [0, 0.05) is 5.02 Å². The Morgan fingerprint density at radius 1 is 1.03 bits per heavy atom. The average molecular weight is 467 g/mol. The van der Waals surface area contributed by atoms with Crippen LogP contribution in [0, 0.1) is 0 Å². The van der Waals surface area contributed by atoms with Crippen LogP contribution in [0.2, 0.25) is 5.02 Å². The van der Waals surface area contributed by atoms with Crippen molar-refractivity contribution in [3.8, 4) is 11.5 Å². The fourth-order valence-corrected chi connectivity index (χ4v) is 4.41. The molecule has 1 amide bonds. The Morgan fingerprint density at radius 2 is 1.72 bits per heavy atom. The molecule has 0 radical (unpaired) electrons. The number of anilines is 1. The molecule has 0 N–H and O–H groups in total. The summed E-state index contributed by atoms with van der Waals surface area (Å²) in [4.78, 5) is 20.2. The van der Waals surface area contributed by atoms with Crippen LogP contribution in [0.25, 0.3) is 10.2 Å². The highest BCUT2D eigenvalue weighted by molar-refractivity contribution is 7.22. The molecule has 1 heterocycles. The first-order valence-electron chi connectivity index (χ1n) is 10.1. The van der Waals surface area contributed by atoms with Crippen molar-refractivity contribution in [2.75, 3.05) is 12.0 Å². The lowest BCUT2D eigenvalue weighted by atomic mass is 10.1. The largest absolute Gasteiger partial charge is 0.497 e. The highest BCUT2D eigenvalue weighted by Gasteiger charge is 2.36. The molecule has 0 saturated heterocycles. The zero-order valence-corrected chi connectivity index (χ0v) is 19.6. The number of aromatic nitrogens is 1. The molecular formula is C25H23ClN2O3S. The van der Waals surface area contributed by atoms with Gasteiger partial charge in [-0.25, -0.2) is 4.98 Å². The molecule has 7 heteroatoms. The Morgan fingerprint density at radius 3 is 2.41 bits per heavy atom. The van der Waals surface area contributed by atoms with Gasteiger partial charge in [-0.05, 0) is 61.9 Å². The second kappa shape index (κ2) is 9.18. The van der Waals surface area contributed by atoms with E-state index in [2.05, 4.69) is 0 Å². The number of hydrogen-bond acceptors (Lipinski definition) is 5. The molecule has 4 rings (SSSR count). The third-order valence-corrected chi connectivity index (χ3v) is 6.24. The Hall–Kier alpha value is -3.09. The van der Waals surface area contributed by atoms with Crippen LogP contribution >= 0.6 is 22.9 Å². The third-order valence-electron chi connectivity index (χ3n) is 4.95. The summed E-state index contributed by atoms with van der Waals surface area (Å²) in [6, 6.07) is 22.5. The molecule has 0 bridgehead atoms. The lowest BCUT2D eigenvalue weighted by Gasteiger charge is -2.31. The van der Waals surface area contributed by atoms with Crippen LogP contribution in [-0.4, -0.2) is 23.6 Å². The van der Waals surface area contributed by atoms with Gasteiger partial charge in [-0.3, -0.25) is 9.69 Å². The van der Waals surface area contributed by atoms with Gasteiger partial charge in [0.1, 0.15) is 11.5 Å². The fraction of sp³-hybridized carbons (Fsp3) is 0.200. The van der Waals surface area contributed by atoms with Gasteiger partial charge in [-0.1, -0.05) is 53.3 Å². The maximum absolute atomic E-state index is 13.8. The van der Waals surface area contributed by atoms with Crippen molar-refractivity contribution in [2.24, 2.45) is 0 Å². The summed E-state index contributed by atoms with van der Waals surface area (Å²) in [7, 11) is 1.63. The van der Waals surface area contributed by atoms with Crippen LogP contribution < -0.4 is 14.4 Å². The minimum absolute atomic E-state index is 0.192. The molecule has 0 fully saturated rings. The van der Waals surface area contributed by atoms with Crippen LogP contribution in [-0.2, 0) is 11.3 Å². The normalized spacial score (nSPS) is 11.4. The topological polar surface area (TPSA) is 51.7 Å². The zero-order valence-electron chi connectivity index (χ0n) is 18.0. The van der Waals surface area contributed by atoms with E-state index < -0.39 is 5.60 Å². The number of thiazole rings is 1. The SMILES string of the molecule is COc1ccc2nc(N(Cc3ccccc3)C(=O)C(C)(C)Oc3ccc(Cl)cc3)sc2c1. The summed E-state index contributed by atoms with van der Waals surface area (Å²) in [5.41, 5.74) is 0.686. The average Bonchev–Trinajstić information content (AvgIpc) is 3.22. The van der Waals surface area contributed by atoms with Gasteiger partial charge in [0.25, 0.3) is 5.91 Å². The fourth-order valence-electron chi connectivity index (χ4n) is 3.29. The van der Waals surface area contributed by atoms with Crippen molar-refractivity contribution in [3.63, 3.8) is 0 Å². The van der Waals surface area contributed by atoms with Gasteiger partial charge in [-0.15, -0.1) is 0 Å². The zero-order chi connectivity index (χ0) is 22.7. The number of benzene rings is 3. The molecular weight excluding hydrogens is 444 g/mol. The van der Waals surface area contributed by atoms with Crippen LogP contribution in [0.4, 0.5) is 5.13 Å². The van der Waals surface area contributed by atoms with Gasteiger partial charge < -0.3 is 9.47 Å². The van der Waals surface area contributed by atoms with E-state index in [0.717, 1.165) is 21.5 Å². The minimum atomic E-state index is -1.13. The van der Waals surface area contributed by atoms with Gasteiger partial charge >= 0.3 is 0 Å². The molecule has 0 aliphatic rings. The molecule has 0 aliphatic heterocycles. The van der Waals surface area contributed by atoms with Crippen LogP contribution in [0.15, 0.2) is 72.8 Å². The van der Waals surface area contributed by atoms with E-state index in [-0.39, 0.29) is 5.91 Å². The summed E-state index contributed by atoms with van der Waals surface area (Å²) in [5, 5.41) is 1.21. The van der Waals surface area contributed by atoms with Crippen molar-refractivity contribution in [1.29, 1.82) is 0 Å². The van der Waals surface area contributed by atoms with E-state index in [4.69, 9.17) is 26.1 Å². The van der Waals surface area contributed by atoms with E-state index in [0.29, 0.717) is 22.4 Å². The van der Waals surface area contributed by atoms with E-state index in [1.165, 1.54) is 11.3 Å². The number of carbonyl (C=O) groups is 1. The van der Waals surface area contributed by atoms with Crippen molar-refractivity contribution in [2.45, 2.75) is 26.0 Å². The molecule has 32 heavy (non-hydrogen) atoms. The van der Waals surface area contributed by atoms with E-state index in [1.807, 2.05) is 48.5 Å². The van der Waals surface area contributed by atoms with Crippen molar-refractivity contribution in [3.05, 3.63) is 83.4 Å². The van der Waals surface area contributed by atoms with Crippen molar-refractivity contribution in [1.82, 2.24) is 4.98 Å². The second-order valence-electron chi connectivity index (χ2n) is 7.77. The number of nitrogens with zero attached hydrogens (tertiary/aromatic N) is 2. The molecule has 0 spiro atoms. The van der Waals surface area contributed by atoms with Crippen LogP contribution in [0.3, 0.4) is 0 Å². The second-order valence-corrected chi connectivity index (χ2v) is 9.22. The van der Waals surface area contributed by atoms with E-state index >= 15 is 0 Å². The predicted octanol–water partition coefficient (Wildman–Crippen LogP) is 6.35. The molecule has 164 valence electrons. The molecule has 4 aromatic rings. The maximum Gasteiger partial charge on any atom is 0.272 e. The number of amides is 1. The number of ether oxygens (including phenoxy) is 2. The summed E-state index contributed by atoms with van der Waals surface area (Å²) < 4.78 is 12.4. The Balaban J connectivity index is 1.69. The molecule has 1 aromatic heterocycles. The minimum Gasteiger partial charge on any atom is -0.497 e. The number of fused-ring (bicyclic) bond motifs is 1. The van der Waals surface area contributed by atoms with Gasteiger partial charge in [-0.2, -0.15) is 0 Å². The van der Waals surface area contributed by atoms with Crippen LogP contribution in [0.1, 0.15) is 19.4 Å². The summed E-state index contributed by atoms with van der Waals surface area (Å²) >= 11 is 7.43. The first kappa shape index (κ1) is 22.1. The Bertz CT molecular complexity index is 1220. The summed E-state index contributed by atoms with van der Waals surface area (Å²) in [6.45, 7) is 3.90. The standard InChI is InChI=1S/C25H23ClN2O3S/c1-25(2,31-19-11-9-18(26)10-12-19)23(29)28(16-17-7-5-4-6-8-17)24-27-21-14-13-20(30-3)15-22(21)32-24/h4-15H,16H2,1-3H3. The van der Waals surface area contributed by atoms with Gasteiger partial charge in [0.05, 0.1) is 23.9 Å². The molecule has 3 aromatic carbocycles. The highest BCUT2D eigenvalue weighted by Crippen LogP contribution is 2.34. The monoisotopic (exact) mass is 466 g/mol. The smallest absolute Gasteiger partial charge is 0.272 e. The summed E-state index contributed by atoms with van der Waals surface area (Å²) in [6.07, 6.45) is 0. The lowest BCUT2D eigenvalue weighted by Crippen LogP contribution is -2.48. The van der Waals surface area contributed by atoms with Crippen molar-refractivity contribution < 1.29 is 14.3 Å². The number of methoxy groups -OCH3 is 1. The molecule has 5 nitrogen and oxygen atoms in total. The first-order valence-corrected chi connectivity index (χ1v) is 11.3. The quantitative estimate of drug-likeness (QED) is 0.318. The maximum atomic E-state index is 13.8. The van der Waals surface area contributed by atoms with E-state index in [9.17, 15) is 4.79 Å². The Kier molecular flexibility index (Phi) is 6.35. The van der Waals surface area contributed by atoms with Crippen molar-refractivity contribution >= 4 is 44.2 Å². The number of carbonyl (C=O) groups excluding carboxylic acids is 1. The van der Waals surface area contributed by atoms with E-state index in [1.54, 1.807) is 50.1 Å². The van der Waals surface area contributed by atoms with Gasteiger partial charge in [0.15, 0.2) is 10.7 Å². The Labute approximate surface area is 196 Å². The molecule has 0 atom stereocenters. The predicted molar refractivity (Wildman–Crippen MR) is 130 cm³/mol. The third kappa shape index (κ3) is 4.87. The first-order chi connectivity index (χ1) is 15.4. The molecule has 0 aliphatic carbocycles. The summed E-state index contributed by atoms with van der Waals surface area (Å²) in [5.74, 6) is 1.13. The van der Waals surface area contributed by atoms with Gasteiger partial charge in [0.2, 0.25) is 0 Å². The molecule has 0 unspecified atom stereocenters.